The van der Waals surface area contributed by atoms with Crippen molar-refractivity contribution in [1.82, 2.24) is 29.9 Å². The molecule has 5 rings (SSSR count). The minimum absolute atomic E-state index is 0.256. The Labute approximate surface area is 162 Å². The molecule has 142 valence electrons. The quantitative estimate of drug-likeness (QED) is 0.590. The molecule has 0 spiro atoms. The number of hydrogen-bond acceptors (Lipinski definition) is 6. The molecule has 1 aliphatic heterocycles. The van der Waals surface area contributed by atoms with Gasteiger partial charge in [-0.2, -0.15) is 10.2 Å². The van der Waals surface area contributed by atoms with Crippen LogP contribution in [0.1, 0.15) is 6.42 Å². The van der Waals surface area contributed by atoms with Crippen molar-refractivity contribution in [3.63, 3.8) is 0 Å². The fraction of sp³-hybridized carbons (Fsp3) is 0.300. The van der Waals surface area contributed by atoms with Gasteiger partial charge in [-0.15, -0.1) is 0 Å². The minimum Gasteiger partial charge on any atom is -0.380 e. The number of fused-ring (bicyclic) bond motifs is 1. The van der Waals surface area contributed by atoms with Crippen LogP contribution >= 0.6 is 0 Å². The molecule has 1 N–H and O–H groups in total. The molecule has 4 heterocycles. The summed E-state index contributed by atoms with van der Waals surface area (Å²) in [5.74, 6) is 0.907. The lowest BCUT2D eigenvalue weighted by atomic mass is 10.1. The lowest BCUT2D eigenvalue weighted by Gasteiger charge is -2.17. The number of aromatic nitrogens is 6. The molecule has 0 saturated carbocycles. The molecule has 8 nitrogen and oxygen atoms in total. The van der Waals surface area contributed by atoms with Crippen LogP contribution in [0.2, 0.25) is 0 Å². The number of aryl methyl sites for hydroxylation is 1. The molecule has 1 aliphatic rings. The van der Waals surface area contributed by atoms with E-state index >= 15 is 0 Å². The summed E-state index contributed by atoms with van der Waals surface area (Å²) in [6.07, 6.45) is 6.74. The van der Waals surface area contributed by atoms with E-state index in [9.17, 15) is 0 Å². The van der Waals surface area contributed by atoms with E-state index < -0.39 is 0 Å². The highest BCUT2D eigenvalue weighted by atomic mass is 16.5. The number of benzene rings is 1. The van der Waals surface area contributed by atoms with Gasteiger partial charge in [0.25, 0.3) is 0 Å². The normalized spacial score (nSPS) is 16.9. The molecule has 0 bridgehead atoms. The summed E-state index contributed by atoms with van der Waals surface area (Å²) in [6.45, 7) is 1.78. The van der Waals surface area contributed by atoms with Crippen LogP contribution in [0.4, 0.5) is 5.82 Å². The topological polar surface area (TPSA) is 84.8 Å². The van der Waals surface area contributed by atoms with Crippen LogP contribution in [0.15, 0.2) is 43.0 Å². The first kappa shape index (κ1) is 16.9. The monoisotopic (exact) mass is 375 g/mol. The highest BCUT2D eigenvalue weighted by Crippen LogP contribution is 2.31. The third-order valence-electron chi connectivity index (χ3n) is 5.30. The summed E-state index contributed by atoms with van der Waals surface area (Å²) in [5, 5.41) is 12.9. The summed E-state index contributed by atoms with van der Waals surface area (Å²) in [5.41, 5.74) is 4.78. The first-order valence-electron chi connectivity index (χ1n) is 9.28. The number of hydrogen-bond donors (Lipinski definition) is 1. The van der Waals surface area contributed by atoms with E-state index in [2.05, 4.69) is 42.3 Å². The van der Waals surface area contributed by atoms with Crippen molar-refractivity contribution < 1.29 is 4.74 Å². The van der Waals surface area contributed by atoms with Crippen molar-refractivity contribution in [2.75, 3.05) is 25.1 Å². The van der Waals surface area contributed by atoms with Crippen LogP contribution in [0.3, 0.4) is 0 Å². The lowest BCUT2D eigenvalue weighted by molar-refractivity contribution is 0.121. The van der Waals surface area contributed by atoms with E-state index in [0.717, 1.165) is 58.7 Å². The summed E-state index contributed by atoms with van der Waals surface area (Å²) in [6, 6.07) is 8.25. The number of nitrogens with one attached hydrogen (secondary N) is 1. The molecule has 1 atom stereocenters. The van der Waals surface area contributed by atoms with E-state index in [1.165, 1.54) is 0 Å². The van der Waals surface area contributed by atoms with Gasteiger partial charge in [0.1, 0.15) is 17.8 Å². The maximum atomic E-state index is 5.47. The number of aromatic amines is 1. The van der Waals surface area contributed by atoms with E-state index in [4.69, 9.17) is 4.74 Å². The Kier molecular flexibility index (Phi) is 4.05. The van der Waals surface area contributed by atoms with Crippen molar-refractivity contribution in [2.45, 2.75) is 12.5 Å². The fourth-order valence-corrected chi connectivity index (χ4v) is 3.74. The summed E-state index contributed by atoms with van der Waals surface area (Å²) in [7, 11) is 3.68. The molecule has 0 radical (unpaired) electrons. The van der Waals surface area contributed by atoms with E-state index in [-0.39, 0.29) is 6.10 Å². The van der Waals surface area contributed by atoms with Crippen LogP contribution in [-0.4, -0.2) is 56.2 Å². The highest BCUT2D eigenvalue weighted by molar-refractivity contribution is 5.95. The molecule has 4 aromatic rings. The van der Waals surface area contributed by atoms with Gasteiger partial charge in [-0.3, -0.25) is 9.78 Å². The smallest absolute Gasteiger partial charge is 0.132 e. The second-order valence-corrected chi connectivity index (χ2v) is 7.09. The standard InChI is InChI=1S/C20H21N7O/c1-26-10-14(9-23-26)13-3-4-17-16(7-13)20(25-24-17)18-8-19(22-12-21-18)27-6-5-15(11-27)28-2/h3-4,7-10,12,15H,5-6,11H2,1-2H3,(H,24,25)/t15-/m0/s1. The number of anilines is 1. The molecule has 3 aromatic heterocycles. The molecule has 0 aliphatic carbocycles. The van der Waals surface area contributed by atoms with Crippen LogP contribution in [-0.2, 0) is 11.8 Å². The van der Waals surface area contributed by atoms with Gasteiger partial charge in [-0.1, -0.05) is 6.07 Å². The van der Waals surface area contributed by atoms with Gasteiger partial charge in [-0.25, -0.2) is 9.97 Å². The summed E-state index contributed by atoms with van der Waals surface area (Å²) >= 11 is 0. The Morgan fingerprint density at radius 3 is 2.89 bits per heavy atom. The van der Waals surface area contributed by atoms with Gasteiger partial charge in [-0.05, 0) is 24.1 Å². The average molecular weight is 375 g/mol. The minimum atomic E-state index is 0.256. The summed E-state index contributed by atoms with van der Waals surface area (Å²) in [4.78, 5) is 11.2. The van der Waals surface area contributed by atoms with Gasteiger partial charge in [0.05, 0.1) is 23.5 Å². The average Bonchev–Trinajstić information content (AvgIpc) is 3.46. The predicted octanol–water partition coefficient (Wildman–Crippen LogP) is 2.65. The van der Waals surface area contributed by atoms with Crippen LogP contribution in [0.5, 0.6) is 0 Å². The van der Waals surface area contributed by atoms with Gasteiger partial charge in [0.15, 0.2) is 0 Å². The second-order valence-electron chi connectivity index (χ2n) is 7.09. The Hall–Kier alpha value is -3.26. The van der Waals surface area contributed by atoms with Crippen molar-refractivity contribution in [3.05, 3.63) is 43.0 Å². The van der Waals surface area contributed by atoms with Gasteiger partial charge in [0.2, 0.25) is 0 Å². The Bertz CT molecular complexity index is 1130. The molecule has 28 heavy (non-hydrogen) atoms. The molecule has 8 heteroatoms. The predicted molar refractivity (Wildman–Crippen MR) is 107 cm³/mol. The molecular weight excluding hydrogens is 354 g/mol. The zero-order valence-corrected chi connectivity index (χ0v) is 15.8. The van der Waals surface area contributed by atoms with Crippen LogP contribution < -0.4 is 4.90 Å². The third kappa shape index (κ3) is 2.91. The zero-order valence-electron chi connectivity index (χ0n) is 15.8. The van der Waals surface area contributed by atoms with Gasteiger partial charge >= 0.3 is 0 Å². The Balaban J connectivity index is 1.53. The largest absolute Gasteiger partial charge is 0.380 e. The molecule has 1 fully saturated rings. The fourth-order valence-electron chi connectivity index (χ4n) is 3.74. The lowest BCUT2D eigenvalue weighted by Crippen LogP contribution is -2.23. The maximum Gasteiger partial charge on any atom is 0.132 e. The highest BCUT2D eigenvalue weighted by Gasteiger charge is 2.24. The van der Waals surface area contributed by atoms with E-state index in [0.29, 0.717) is 0 Å². The Morgan fingerprint density at radius 1 is 1.18 bits per heavy atom. The number of H-pyrrole nitrogens is 1. The van der Waals surface area contributed by atoms with Crippen molar-refractivity contribution in [3.8, 4) is 22.5 Å². The van der Waals surface area contributed by atoms with Gasteiger partial charge < -0.3 is 9.64 Å². The molecule has 0 amide bonds. The van der Waals surface area contributed by atoms with Crippen LogP contribution in [0.25, 0.3) is 33.4 Å². The number of ether oxygens (including phenoxy) is 1. The van der Waals surface area contributed by atoms with E-state index in [1.54, 1.807) is 18.1 Å². The van der Waals surface area contributed by atoms with Gasteiger partial charge in [0, 0.05) is 50.5 Å². The third-order valence-corrected chi connectivity index (χ3v) is 5.30. The number of methoxy groups -OCH3 is 1. The second kappa shape index (κ2) is 6.72. The maximum absolute atomic E-state index is 5.47. The number of nitrogens with zero attached hydrogens (tertiary/aromatic N) is 6. The summed E-state index contributed by atoms with van der Waals surface area (Å²) < 4.78 is 7.27. The van der Waals surface area contributed by atoms with Crippen molar-refractivity contribution >= 4 is 16.7 Å². The Morgan fingerprint density at radius 2 is 2.11 bits per heavy atom. The molecular formula is C20H21N7O. The molecule has 1 aromatic carbocycles. The number of rotatable bonds is 4. The van der Waals surface area contributed by atoms with Crippen molar-refractivity contribution in [1.29, 1.82) is 0 Å². The molecule has 0 unspecified atom stereocenters. The SMILES string of the molecule is CO[C@H]1CCN(c2cc(-c3n[nH]c4ccc(-c5cnn(C)c5)cc34)ncn2)C1. The van der Waals surface area contributed by atoms with Crippen molar-refractivity contribution in [2.24, 2.45) is 7.05 Å². The first-order chi connectivity index (χ1) is 13.7. The van der Waals surface area contributed by atoms with Crippen LogP contribution in [0, 0.1) is 0 Å². The molecule has 1 saturated heterocycles. The van der Waals surface area contributed by atoms with E-state index in [1.807, 2.05) is 31.6 Å². The zero-order chi connectivity index (χ0) is 19.1. The first-order valence-corrected chi connectivity index (χ1v) is 9.28.